The van der Waals surface area contributed by atoms with Gasteiger partial charge in [0, 0.05) is 61.6 Å². The van der Waals surface area contributed by atoms with Crippen LogP contribution >= 0.6 is 0 Å². The fourth-order valence-corrected chi connectivity index (χ4v) is 6.56. The molecule has 1 fully saturated rings. The molecule has 2 amide bonds. The Labute approximate surface area is 237 Å². The number of carbonyl (C=O) groups is 3. The van der Waals surface area contributed by atoms with Crippen LogP contribution in [0.1, 0.15) is 36.1 Å². The van der Waals surface area contributed by atoms with Gasteiger partial charge in [-0.05, 0) is 42.7 Å². The first-order valence-electron chi connectivity index (χ1n) is 13.8. The minimum absolute atomic E-state index is 0.0205. The summed E-state index contributed by atoms with van der Waals surface area (Å²) in [6, 6.07) is 7.78. The first kappa shape index (κ1) is 26.4. The summed E-state index contributed by atoms with van der Waals surface area (Å²) in [6.45, 7) is 0.856. The van der Waals surface area contributed by atoms with E-state index in [-0.39, 0.29) is 74.2 Å². The lowest BCUT2D eigenvalue weighted by Gasteiger charge is -2.36. The topological polar surface area (TPSA) is 100 Å². The minimum atomic E-state index is -3.78. The number of fused-ring (bicyclic) bond motifs is 1. The number of ketones is 2. The molecule has 216 valence electrons. The molecule has 3 aromatic heterocycles. The number of hydrogen-bond donors (Lipinski definition) is 1. The highest BCUT2D eigenvalue weighted by Crippen LogP contribution is 2.41. The zero-order valence-electron chi connectivity index (χ0n) is 22.4. The van der Waals surface area contributed by atoms with Crippen molar-refractivity contribution in [3.05, 3.63) is 71.6 Å². The fourth-order valence-electron chi connectivity index (χ4n) is 6.56. The summed E-state index contributed by atoms with van der Waals surface area (Å²) >= 11 is 0. The molecule has 0 atom stereocenters. The van der Waals surface area contributed by atoms with Gasteiger partial charge in [-0.2, -0.15) is 8.78 Å². The number of carbonyl (C=O) groups excluding carboxylic acids is 3. The van der Waals surface area contributed by atoms with Crippen molar-refractivity contribution in [1.82, 2.24) is 23.8 Å². The highest BCUT2D eigenvalue weighted by atomic mass is 19.3. The summed E-state index contributed by atoms with van der Waals surface area (Å²) in [7, 11) is 0. The summed E-state index contributed by atoms with van der Waals surface area (Å²) in [5.41, 5.74) is 3.23. The maximum atomic E-state index is 15.1. The van der Waals surface area contributed by atoms with Gasteiger partial charge in [0.05, 0.1) is 35.3 Å². The molecule has 42 heavy (non-hydrogen) atoms. The van der Waals surface area contributed by atoms with Crippen molar-refractivity contribution in [3.8, 4) is 0 Å². The van der Waals surface area contributed by atoms with Gasteiger partial charge < -0.3 is 19.5 Å². The molecule has 0 radical (unpaired) electrons. The number of aromatic nitrogens is 3. The lowest BCUT2D eigenvalue weighted by molar-refractivity contribution is -0.244. The van der Waals surface area contributed by atoms with Crippen LogP contribution in [0.5, 0.6) is 0 Å². The van der Waals surface area contributed by atoms with Gasteiger partial charge in [0.15, 0.2) is 11.6 Å². The number of imidazole rings is 1. The van der Waals surface area contributed by atoms with E-state index >= 15 is 4.39 Å². The molecule has 1 N–H and O–H groups in total. The molecule has 0 bridgehead atoms. The fraction of sp³-hybridized carbons (Fsp3) is 0.333. The number of rotatable bonds is 3. The molecule has 0 saturated carbocycles. The molecule has 9 nitrogen and oxygen atoms in total. The number of aliphatic hydroxyl groups is 1. The van der Waals surface area contributed by atoms with Crippen molar-refractivity contribution in [1.29, 1.82) is 0 Å². The van der Waals surface area contributed by atoms with E-state index in [1.165, 1.54) is 17.0 Å². The van der Waals surface area contributed by atoms with Gasteiger partial charge in [0.25, 0.3) is 0 Å². The van der Waals surface area contributed by atoms with E-state index in [1.807, 2.05) is 10.6 Å². The van der Waals surface area contributed by atoms with Gasteiger partial charge in [0.1, 0.15) is 11.5 Å². The Bertz CT molecular complexity index is 1830. The Hall–Kier alpha value is -4.45. The molecule has 1 aromatic carbocycles. The lowest BCUT2D eigenvalue weighted by Crippen LogP contribution is -2.48. The predicted octanol–water partition coefficient (Wildman–Crippen LogP) is 4.11. The lowest BCUT2D eigenvalue weighted by atomic mass is 9.96. The third-order valence-corrected chi connectivity index (χ3v) is 8.59. The first-order valence-corrected chi connectivity index (χ1v) is 13.8. The number of halogens is 3. The van der Waals surface area contributed by atoms with Crippen LogP contribution in [-0.4, -0.2) is 72.2 Å². The molecule has 0 spiro atoms. The molecule has 7 rings (SSSR count). The normalized spacial score (nSPS) is 18.6. The van der Waals surface area contributed by atoms with Crippen LogP contribution in [0.3, 0.4) is 0 Å². The zero-order valence-corrected chi connectivity index (χ0v) is 22.4. The second-order valence-electron chi connectivity index (χ2n) is 11.1. The molecule has 12 heteroatoms. The van der Waals surface area contributed by atoms with Crippen molar-refractivity contribution >= 4 is 45.3 Å². The predicted molar refractivity (Wildman–Crippen MR) is 146 cm³/mol. The van der Waals surface area contributed by atoms with Gasteiger partial charge in [0.2, 0.25) is 0 Å². The number of piperidine rings is 1. The number of alkyl halides is 2. The van der Waals surface area contributed by atoms with Crippen LogP contribution in [0.2, 0.25) is 0 Å². The third-order valence-electron chi connectivity index (χ3n) is 8.59. The van der Waals surface area contributed by atoms with Crippen LogP contribution in [-0.2, 0) is 22.7 Å². The largest absolute Gasteiger partial charge is 0.356 e. The van der Waals surface area contributed by atoms with Crippen LogP contribution in [0.15, 0.2) is 48.9 Å². The molecule has 2 aliphatic heterocycles. The number of urea groups is 1. The van der Waals surface area contributed by atoms with Crippen molar-refractivity contribution < 1.29 is 32.7 Å². The first-order chi connectivity index (χ1) is 20.1. The van der Waals surface area contributed by atoms with Gasteiger partial charge in [-0.25, -0.2) is 14.2 Å². The standard InChI is InChI=1S/C30H26F3N5O4/c31-19-11-17-15-37(29(41)35-7-4-18(5-8-35)30(32,33)42)10-9-36-16-21(20(12-19)28(17)36)26-23(39)13-24(40)27(26)22-14-34-25-3-1-2-6-38(22)25/h1-3,6,11-12,14,16,18,42H,4-5,7-10,13,15H2. The van der Waals surface area contributed by atoms with Crippen LogP contribution < -0.4 is 0 Å². The summed E-state index contributed by atoms with van der Waals surface area (Å²) in [5, 5.41) is 9.52. The number of amides is 2. The maximum Gasteiger partial charge on any atom is 0.356 e. The summed E-state index contributed by atoms with van der Waals surface area (Å²) in [4.78, 5) is 47.3. The van der Waals surface area contributed by atoms with Crippen molar-refractivity contribution in [2.75, 3.05) is 19.6 Å². The maximum absolute atomic E-state index is 15.1. The molecule has 4 aromatic rings. The highest BCUT2D eigenvalue weighted by Gasteiger charge is 2.41. The number of benzene rings is 1. The molecule has 0 unspecified atom stereocenters. The average molecular weight is 578 g/mol. The van der Waals surface area contributed by atoms with Crippen LogP contribution in [0.4, 0.5) is 18.0 Å². The number of allylic oxidation sites excluding steroid dienone is 2. The molecular formula is C30H26F3N5O4. The SMILES string of the molecule is O=C1CC(=O)C(c2cnc3ccccn23)=C1c1cn2c3c(cc(F)cc13)CN(C(=O)N1CCC(C(O)(F)F)CC1)CC2. The molecule has 3 aliphatic rings. The van der Waals surface area contributed by atoms with E-state index in [0.29, 0.717) is 39.9 Å². The van der Waals surface area contributed by atoms with Gasteiger partial charge in [-0.15, -0.1) is 0 Å². The van der Waals surface area contributed by atoms with Crippen molar-refractivity contribution in [2.45, 2.75) is 38.5 Å². The number of nitrogens with zero attached hydrogens (tertiary/aromatic N) is 5. The number of likely N-dealkylation sites (tertiary alicyclic amines) is 1. The molecule has 1 aliphatic carbocycles. The van der Waals surface area contributed by atoms with Gasteiger partial charge in [-0.1, -0.05) is 6.07 Å². The van der Waals surface area contributed by atoms with E-state index < -0.39 is 17.8 Å². The van der Waals surface area contributed by atoms with Gasteiger partial charge >= 0.3 is 12.1 Å². The number of Topliss-reactive ketones (excluding diaryl/α,β-unsaturated/α-hetero) is 2. The summed E-state index contributed by atoms with van der Waals surface area (Å²) in [5.74, 6) is -2.43. The van der Waals surface area contributed by atoms with Crippen molar-refractivity contribution in [3.63, 3.8) is 0 Å². The second kappa shape index (κ2) is 9.55. The second-order valence-corrected chi connectivity index (χ2v) is 11.1. The van der Waals surface area contributed by atoms with E-state index in [9.17, 15) is 23.2 Å². The molecule has 5 heterocycles. The summed E-state index contributed by atoms with van der Waals surface area (Å²) < 4.78 is 45.4. The Balaban J connectivity index is 1.27. The van der Waals surface area contributed by atoms with E-state index in [4.69, 9.17) is 5.11 Å². The highest BCUT2D eigenvalue weighted by molar-refractivity contribution is 6.51. The van der Waals surface area contributed by atoms with Crippen LogP contribution in [0.25, 0.3) is 27.7 Å². The summed E-state index contributed by atoms with van der Waals surface area (Å²) in [6.07, 6.45) is 0.954. The Kier molecular flexibility index (Phi) is 6.01. The quantitative estimate of drug-likeness (QED) is 0.370. The Morgan fingerprint density at radius 1 is 1.00 bits per heavy atom. The van der Waals surface area contributed by atoms with E-state index in [2.05, 4.69) is 4.98 Å². The minimum Gasteiger partial charge on any atom is -0.345 e. The number of hydrogen-bond acceptors (Lipinski definition) is 5. The Morgan fingerprint density at radius 3 is 2.52 bits per heavy atom. The van der Waals surface area contributed by atoms with Crippen molar-refractivity contribution in [2.24, 2.45) is 5.92 Å². The Morgan fingerprint density at radius 2 is 1.76 bits per heavy atom. The van der Waals surface area contributed by atoms with E-state index in [0.717, 1.165) is 0 Å². The van der Waals surface area contributed by atoms with Gasteiger partial charge in [-0.3, -0.25) is 14.0 Å². The monoisotopic (exact) mass is 577 g/mol. The number of pyridine rings is 1. The molecular weight excluding hydrogens is 551 g/mol. The van der Waals surface area contributed by atoms with Crippen LogP contribution in [0, 0.1) is 11.7 Å². The average Bonchev–Trinajstić information content (AvgIpc) is 3.58. The smallest absolute Gasteiger partial charge is 0.345 e. The molecule has 1 saturated heterocycles. The zero-order chi connectivity index (χ0) is 29.3. The van der Waals surface area contributed by atoms with E-state index in [1.54, 1.807) is 40.0 Å². The third kappa shape index (κ3) is 4.20.